The minimum absolute atomic E-state index is 0.329. The Balaban J connectivity index is 1.47. The standard InChI is InChI=1S/C23H17N5O2/c1-2-22(29)28-21-12-20-19(13-24-21)23(26-15-25-20)27-17-8-10-18(11-9-17)30-14-16-6-4-3-5-7-16/h1,3-13,15H,14H2,(H,24,28,29)(H,25,26,27). The Morgan fingerprint density at radius 1 is 1.03 bits per heavy atom. The van der Waals surface area contributed by atoms with Gasteiger partial charge in [-0.25, -0.2) is 15.0 Å². The number of carbonyl (C=O) groups excluding carboxylic acids is 1. The van der Waals surface area contributed by atoms with Crippen LogP contribution in [-0.4, -0.2) is 20.9 Å². The number of ether oxygens (including phenoxy) is 1. The van der Waals surface area contributed by atoms with Crippen molar-refractivity contribution in [1.82, 2.24) is 15.0 Å². The van der Waals surface area contributed by atoms with E-state index < -0.39 is 5.91 Å². The van der Waals surface area contributed by atoms with Gasteiger partial charge in [0.05, 0.1) is 10.9 Å². The third-order valence-electron chi connectivity index (χ3n) is 4.26. The summed E-state index contributed by atoms with van der Waals surface area (Å²) in [5.74, 6) is 3.11. The second kappa shape index (κ2) is 8.71. The van der Waals surface area contributed by atoms with Gasteiger partial charge >= 0.3 is 5.91 Å². The number of fused-ring (bicyclic) bond motifs is 1. The zero-order valence-corrected chi connectivity index (χ0v) is 15.9. The SMILES string of the molecule is C#CC(=O)Nc1cc2ncnc(Nc3ccc(OCc4ccccc4)cc3)c2cn1. The quantitative estimate of drug-likeness (QED) is 0.481. The van der Waals surface area contributed by atoms with Gasteiger partial charge in [-0.3, -0.25) is 10.1 Å². The van der Waals surface area contributed by atoms with Crippen LogP contribution >= 0.6 is 0 Å². The average molecular weight is 395 g/mol. The number of terminal acetylenes is 1. The van der Waals surface area contributed by atoms with Crippen molar-refractivity contribution in [2.24, 2.45) is 0 Å². The lowest BCUT2D eigenvalue weighted by molar-refractivity contribution is -0.111. The Hall–Kier alpha value is -4.44. The van der Waals surface area contributed by atoms with Crippen molar-refractivity contribution >= 4 is 34.1 Å². The smallest absolute Gasteiger partial charge is 0.301 e. The molecule has 0 atom stereocenters. The summed E-state index contributed by atoms with van der Waals surface area (Å²) in [7, 11) is 0. The van der Waals surface area contributed by atoms with E-state index in [0.29, 0.717) is 29.1 Å². The lowest BCUT2D eigenvalue weighted by Gasteiger charge is -2.10. The van der Waals surface area contributed by atoms with E-state index in [-0.39, 0.29) is 0 Å². The summed E-state index contributed by atoms with van der Waals surface area (Å²) < 4.78 is 5.81. The molecule has 7 nitrogen and oxygen atoms in total. The summed E-state index contributed by atoms with van der Waals surface area (Å²) in [5, 5.41) is 6.46. The van der Waals surface area contributed by atoms with E-state index in [0.717, 1.165) is 17.0 Å². The monoisotopic (exact) mass is 395 g/mol. The number of anilines is 3. The van der Waals surface area contributed by atoms with Crippen LogP contribution in [0.5, 0.6) is 5.75 Å². The Morgan fingerprint density at radius 3 is 2.60 bits per heavy atom. The van der Waals surface area contributed by atoms with E-state index in [1.807, 2.05) is 60.5 Å². The van der Waals surface area contributed by atoms with Crippen LogP contribution in [0, 0.1) is 12.3 Å². The first kappa shape index (κ1) is 18.9. The summed E-state index contributed by atoms with van der Waals surface area (Å²) in [6, 6.07) is 19.2. The lowest BCUT2D eigenvalue weighted by Crippen LogP contribution is -2.09. The minimum Gasteiger partial charge on any atom is -0.489 e. The fourth-order valence-electron chi connectivity index (χ4n) is 2.78. The van der Waals surface area contributed by atoms with E-state index in [4.69, 9.17) is 11.2 Å². The molecule has 0 radical (unpaired) electrons. The third-order valence-corrected chi connectivity index (χ3v) is 4.26. The molecule has 0 fully saturated rings. The highest BCUT2D eigenvalue weighted by Crippen LogP contribution is 2.25. The molecule has 0 aliphatic heterocycles. The number of benzene rings is 2. The Kier molecular flexibility index (Phi) is 5.49. The van der Waals surface area contributed by atoms with Crippen LogP contribution in [0.25, 0.3) is 10.9 Å². The van der Waals surface area contributed by atoms with Crippen LogP contribution in [-0.2, 0) is 11.4 Å². The van der Waals surface area contributed by atoms with Crippen LogP contribution in [0.3, 0.4) is 0 Å². The van der Waals surface area contributed by atoms with Gasteiger partial charge in [-0.15, -0.1) is 6.42 Å². The maximum atomic E-state index is 11.3. The maximum absolute atomic E-state index is 11.3. The van der Waals surface area contributed by atoms with Crippen molar-refractivity contribution < 1.29 is 9.53 Å². The van der Waals surface area contributed by atoms with Crippen molar-refractivity contribution in [2.75, 3.05) is 10.6 Å². The highest BCUT2D eigenvalue weighted by molar-refractivity contribution is 6.04. The van der Waals surface area contributed by atoms with Crippen molar-refractivity contribution in [3.8, 4) is 18.1 Å². The van der Waals surface area contributed by atoms with Crippen LogP contribution in [0.2, 0.25) is 0 Å². The molecule has 1 amide bonds. The summed E-state index contributed by atoms with van der Waals surface area (Å²) >= 11 is 0. The van der Waals surface area contributed by atoms with Crippen molar-refractivity contribution in [2.45, 2.75) is 6.61 Å². The largest absolute Gasteiger partial charge is 0.489 e. The van der Waals surface area contributed by atoms with Gasteiger partial charge in [0.1, 0.15) is 30.3 Å². The molecule has 2 N–H and O–H groups in total. The number of hydrogen-bond donors (Lipinski definition) is 2. The van der Waals surface area contributed by atoms with Gasteiger partial charge in [-0.05, 0) is 35.7 Å². The van der Waals surface area contributed by atoms with E-state index in [1.54, 1.807) is 12.3 Å². The van der Waals surface area contributed by atoms with Gasteiger partial charge in [-0.2, -0.15) is 0 Å². The van der Waals surface area contributed by atoms with Crippen molar-refractivity contribution in [3.63, 3.8) is 0 Å². The number of pyridine rings is 1. The molecule has 4 rings (SSSR count). The van der Waals surface area contributed by atoms with E-state index in [9.17, 15) is 4.79 Å². The molecule has 2 aromatic carbocycles. The molecule has 0 spiro atoms. The third kappa shape index (κ3) is 4.51. The number of aromatic nitrogens is 3. The van der Waals surface area contributed by atoms with Crippen LogP contribution in [0.1, 0.15) is 5.56 Å². The molecule has 0 aliphatic rings. The predicted octanol–water partition coefficient (Wildman–Crippen LogP) is 3.92. The van der Waals surface area contributed by atoms with E-state index in [1.165, 1.54) is 6.33 Å². The molecule has 0 bridgehead atoms. The van der Waals surface area contributed by atoms with Gasteiger partial charge in [0.25, 0.3) is 0 Å². The number of nitrogens with one attached hydrogen (secondary N) is 2. The van der Waals surface area contributed by atoms with Gasteiger partial charge < -0.3 is 10.1 Å². The average Bonchev–Trinajstić information content (AvgIpc) is 2.79. The minimum atomic E-state index is -0.566. The molecular weight excluding hydrogens is 378 g/mol. The zero-order valence-electron chi connectivity index (χ0n) is 15.9. The fraction of sp³-hybridized carbons (Fsp3) is 0.0435. The molecular formula is C23H17N5O2. The Labute approximate surface area is 173 Å². The fourth-order valence-corrected chi connectivity index (χ4v) is 2.78. The van der Waals surface area contributed by atoms with Gasteiger partial charge in [0.2, 0.25) is 0 Å². The zero-order chi connectivity index (χ0) is 20.8. The highest BCUT2D eigenvalue weighted by Gasteiger charge is 2.08. The first-order valence-electron chi connectivity index (χ1n) is 9.13. The van der Waals surface area contributed by atoms with Crippen LogP contribution in [0.4, 0.5) is 17.3 Å². The summed E-state index contributed by atoms with van der Waals surface area (Å²) in [4.78, 5) is 24.1. The first-order chi connectivity index (χ1) is 14.7. The van der Waals surface area contributed by atoms with E-state index in [2.05, 4.69) is 25.6 Å². The molecule has 146 valence electrons. The first-order valence-corrected chi connectivity index (χ1v) is 9.13. The number of nitrogens with zero attached hydrogens (tertiary/aromatic N) is 3. The molecule has 4 aromatic rings. The molecule has 0 unspecified atom stereocenters. The molecule has 0 aliphatic carbocycles. The van der Waals surface area contributed by atoms with Crippen LogP contribution < -0.4 is 15.4 Å². The van der Waals surface area contributed by atoms with Gasteiger partial charge in [0.15, 0.2) is 0 Å². The van der Waals surface area contributed by atoms with Gasteiger partial charge in [-0.1, -0.05) is 30.3 Å². The Morgan fingerprint density at radius 2 is 1.83 bits per heavy atom. The molecule has 7 heteroatoms. The van der Waals surface area contributed by atoms with Gasteiger partial charge in [0, 0.05) is 18.0 Å². The molecule has 30 heavy (non-hydrogen) atoms. The number of carbonyl (C=O) groups is 1. The van der Waals surface area contributed by atoms with E-state index >= 15 is 0 Å². The number of amides is 1. The molecule has 0 saturated heterocycles. The molecule has 2 aromatic heterocycles. The lowest BCUT2D eigenvalue weighted by atomic mass is 10.2. The van der Waals surface area contributed by atoms with Crippen LogP contribution in [0.15, 0.2) is 73.2 Å². The number of hydrogen-bond acceptors (Lipinski definition) is 6. The second-order valence-corrected chi connectivity index (χ2v) is 6.33. The highest BCUT2D eigenvalue weighted by atomic mass is 16.5. The Bertz CT molecular complexity index is 1220. The topological polar surface area (TPSA) is 89.0 Å². The summed E-state index contributed by atoms with van der Waals surface area (Å²) in [5.41, 5.74) is 2.57. The molecule has 2 heterocycles. The molecule has 0 saturated carbocycles. The van der Waals surface area contributed by atoms with Crippen molar-refractivity contribution in [3.05, 3.63) is 78.8 Å². The number of rotatable bonds is 6. The summed E-state index contributed by atoms with van der Waals surface area (Å²) in [6.07, 6.45) is 8.09. The second-order valence-electron chi connectivity index (χ2n) is 6.33. The maximum Gasteiger partial charge on any atom is 0.301 e. The predicted molar refractivity (Wildman–Crippen MR) is 115 cm³/mol. The summed E-state index contributed by atoms with van der Waals surface area (Å²) in [6.45, 7) is 0.508. The normalized spacial score (nSPS) is 10.2. The van der Waals surface area contributed by atoms with Crippen molar-refractivity contribution in [1.29, 1.82) is 0 Å².